The van der Waals surface area contributed by atoms with Crippen molar-refractivity contribution in [2.45, 2.75) is 21.1 Å². The molecule has 1 heterocycles. The van der Waals surface area contributed by atoms with Crippen LogP contribution in [0.5, 0.6) is 0 Å². The van der Waals surface area contributed by atoms with Gasteiger partial charge in [0.25, 0.3) is 0 Å². The fourth-order valence-corrected chi connectivity index (χ4v) is 10.6. The predicted molar refractivity (Wildman–Crippen MR) is 70.9 cm³/mol. The standard InChI is InChI=1S/C7H10Cl2NO.C6H5.Hg/c8-6(9)7(11)10-4-2-1-3-5-10;1-2-4-6-5-3-1;/h1-5H2;1-5H;. The minimum atomic E-state index is -1.87. The van der Waals surface area contributed by atoms with Crippen molar-refractivity contribution in [1.82, 2.24) is 4.90 Å². The third-order valence-corrected chi connectivity index (χ3v) is 12.2. The van der Waals surface area contributed by atoms with Gasteiger partial charge in [-0.3, -0.25) is 0 Å². The van der Waals surface area contributed by atoms with E-state index in [1.165, 1.54) is 9.49 Å². The topological polar surface area (TPSA) is 20.3 Å². The molecule has 1 aliphatic heterocycles. The minimum absolute atomic E-state index is 0.0592. The molecule has 2 rings (SSSR count). The summed E-state index contributed by atoms with van der Waals surface area (Å²) in [5, 5.41) is 0. The number of carbonyl (C=O) groups excluding carboxylic acids is 1. The molecule has 5 heteroatoms. The van der Waals surface area contributed by atoms with E-state index in [9.17, 15) is 4.79 Å². The molecule has 1 saturated heterocycles. The van der Waals surface area contributed by atoms with Crippen molar-refractivity contribution in [3.05, 3.63) is 30.3 Å². The zero-order valence-corrected chi connectivity index (χ0v) is 17.3. The van der Waals surface area contributed by atoms with E-state index in [4.69, 9.17) is 23.2 Å². The Hall–Kier alpha value is 0.205. The molecule has 1 aliphatic rings. The number of likely N-dealkylation sites (tertiary alicyclic amines) is 1. The monoisotopic (exact) mass is 473 g/mol. The average Bonchev–Trinajstić information content (AvgIpc) is 2.39. The van der Waals surface area contributed by atoms with Crippen LogP contribution >= 0.6 is 23.2 Å². The fraction of sp³-hybridized carbons (Fsp3) is 0.462. The molecule has 0 spiro atoms. The van der Waals surface area contributed by atoms with E-state index in [1.54, 1.807) is 0 Å². The Morgan fingerprint density at radius 3 is 2.33 bits per heavy atom. The first-order chi connectivity index (χ1) is 8.59. The molecule has 0 N–H and O–H groups in total. The molecule has 0 saturated carbocycles. The Morgan fingerprint density at radius 2 is 1.72 bits per heavy atom. The van der Waals surface area contributed by atoms with Crippen LogP contribution < -0.4 is 3.07 Å². The summed E-state index contributed by atoms with van der Waals surface area (Å²) in [6, 6.07) is 9.98. The molecule has 0 radical (unpaired) electrons. The second kappa shape index (κ2) is 6.58. The second-order valence-corrected chi connectivity index (χ2v) is 18.4. The van der Waals surface area contributed by atoms with Gasteiger partial charge in [-0.25, -0.2) is 0 Å². The Kier molecular flexibility index (Phi) is 5.34. The van der Waals surface area contributed by atoms with Crippen molar-refractivity contribution in [3.63, 3.8) is 0 Å². The summed E-state index contributed by atoms with van der Waals surface area (Å²) in [6.07, 6.45) is 3.33. The maximum absolute atomic E-state index is 12.3. The number of amides is 1. The fourth-order valence-electron chi connectivity index (χ4n) is 2.26. The van der Waals surface area contributed by atoms with Crippen LogP contribution in [0.4, 0.5) is 0 Å². The van der Waals surface area contributed by atoms with Crippen LogP contribution in [0.2, 0.25) is 0 Å². The van der Waals surface area contributed by atoms with Crippen LogP contribution in [0.15, 0.2) is 30.3 Å². The van der Waals surface area contributed by atoms with E-state index < -0.39 is 26.4 Å². The number of carbonyl (C=O) groups is 1. The summed E-state index contributed by atoms with van der Waals surface area (Å²) in [6.45, 7) is 1.62. The van der Waals surface area contributed by atoms with Gasteiger partial charge in [0.2, 0.25) is 0 Å². The number of hydrogen-bond acceptors (Lipinski definition) is 1. The van der Waals surface area contributed by atoms with E-state index in [0.717, 1.165) is 25.9 Å². The zero-order valence-electron chi connectivity index (χ0n) is 10.2. The van der Waals surface area contributed by atoms with Gasteiger partial charge in [-0.2, -0.15) is 0 Å². The van der Waals surface area contributed by atoms with Crippen LogP contribution in [-0.4, -0.2) is 25.7 Å². The summed E-state index contributed by atoms with van der Waals surface area (Å²) < 4.78 is 0.0754. The molecule has 0 unspecified atom stereocenters. The summed E-state index contributed by atoms with van der Waals surface area (Å²) in [4.78, 5) is 14.2. The van der Waals surface area contributed by atoms with Crippen molar-refractivity contribution < 1.29 is 29.4 Å². The van der Waals surface area contributed by atoms with Gasteiger partial charge in [0.15, 0.2) is 0 Å². The Labute approximate surface area is 130 Å². The Morgan fingerprint density at radius 1 is 1.11 bits per heavy atom. The van der Waals surface area contributed by atoms with Crippen LogP contribution in [0.25, 0.3) is 0 Å². The molecular formula is C13H15Cl2HgNO. The van der Waals surface area contributed by atoms with Crippen molar-refractivity contribution in [3.8, 4) is 0 Å². The number of alkyl halides is 2. The van der Waals surface area contributed by atoms with Crippen LogP contribution in [0, 0.1) is 0 Å². The van der Waals surface area contributed by atoms with Gasteiger partial charge in [-0.1, -0.05) is 0 Å². The van der Waals surface area contributed by atoms with Crippen LogP contribution in [-0.2, 0) is 29.4 Å². The molecule has 1 amide bonds. The third-order valence-electron chi connectivity index (χ3n) is 3.23. The van der Waals surface area contributed by atoms with Gasteiger partial charge in [0.1, 0.15) is 0 Å². The van der Waals surface area contributed by atoms with E-state index in [2.05, 4.69) is 0 Å². The molecule has 2 nitrogen and oxygen atoms in total. The molecule has 1 aromatic rings. The van der Waals surface area contributed by atoms with E-state index >= 15 is 0 Å². The molecule has 0 aromatic heterocycles. The van der Waals surface area contributed by atoms with Crippen molar-refractivity contribution in [2.24, 2.45) is 0 Å². The van der Waals surface area contributed by atoms with Gasteiger partial charge in [0.05, 0.1) is 0 Å². The van der Waals surface area contributed by atoms with Gasteiger partial charge < -0.3 is 0 Å². The summed E-state index contributed by atoms with van der Waals surface area (Å²) in [7, 11) is 0. The molecule has 1 fully saturated rings. The number of hydrogen-bond donors (Lipinski definition) is 0. The summed E-state index contributed by atoms with van der Waals surface area (Å²) in [5.74, 6) is -0.0592. The number of rotatable bonds is 3. The van der Waals surface area contributed by atoms with Crippen LogP contribution in [0.1, 0.15) is 19.3 Å². The Bertz CT molecular complexity index is 405. The molecule has 0 aliphatic carbocycles. The average molecular weight is 473 g/mol. The third kappa shape index (κ3) is 3.85. The quantitative estimate of drug-likeness (QED) is 0.489. The van der Waals surface area contributed by atoms with Gasteiger partial charge in [0, 0.05) is 0 Å². The number of benzene rings is 1. The van der Waals surface area contributed by atoms with Crippen LogP contribution in [0.3, 0.4) is 0 Å². The molecule has 94 valence electrons. The molecule has 0 atom stereocenters. The first-order valence-electron chi connectivity index (χ1n) is 6.31. The second-order valence-electron chi connectivity index (χ2n) is 4.72. The SMILES string of the molecule is O=C(N1CCCCC1)[C](Cl)(Cl)[Hg][c]1ccccc1. The van der Waals surface area contributed by atoms with Crippen molar-refractivity contribution in [2.75, 3.05) is 13.1 Å². The molecule has 1 aromatic carbocycles. The number of piperidine rings is 1. The van der Waals surface area contributed by atoms with E-state index in [-0.39, 0.29) is 5.91 Å². The summed E-state index contributed by atoms with van der Waals surface area (Å²) >= 11 is 10.8. The van der Waals surface area contributed by atoms with Gasteiger partial charge >= 0.3 is 131 Å². The molecule has 18 heavy (non-hydrogen) atoms. The predicted octanol–water partition coefficient (Wildman–Crippen LogP) is 2.54. The first-order valence-corrected chi connectivity index (χ1v) is 12.6. The summed E-state index contributed by atoms with van der Waals surface area (Å²) in [5.41, 5.74) is 0. The molecule has 0 bridgehead atoms. The van der Waals surface area contributed by atoms with E-state index in [1.807, 2.05) is 35.2 Å². The van der Waals surface area contributed by atoms with Gasteiger partial charge in [-0.05, 0) is 0 Å². The number of halogens is 2. The maximum atomic E-state index is 12.3. The Balaban J connectivity index is 2.03. The van der Waals surface area contributed by atoms with E-state index in [0.29, 0.717) is 0 Å². The molecular weight excluding hydrogens is 458 g/mol. The normalized spacial score (nSPS) is 16.2. The van der Waals surface area contributed by atoms with Crippen molar-refractivity contribution >= 4 is 32.2 Å². The number of nitrogens with zero attached hydrogens (tertiary/aromatic N) is 1. The zero-order chi connectivity index (χ0) is 13.0. The van der Waals surface area contributed by atoms with Crippen molar-refractivity contribution in [1.29, 1.82) is 0 Å². The first kappa shape index (κ1) is 14.6. The van der Waals surface area contributed by atoms with Gasteiger partial charge in [-0.15, -0.1) is 0 Å².